The molecule has 0 amide bonds. The summed E-state index contributed by atoms with van der Waals surface area (Å²) in [5, 5.41) is 7.52. The molecular formula is C44H30N2. The van der Waals surface area contributed by atoms with Crippen molar-refractivity contribution in [3.63, 3.8) is 0 Å². The summed E-state index contributed by atoms with van der Waals surface area (Å²) in [6.45, 7) is 0. The fourth-order valence-electron chi connectivity index (χ4n) is 6.99. The summed E-state index contributed by atoms with van der Waals surface area (Å²) in [4.78, 5) is 2.35. The molecule has 0 unspecified atom stereocenters. The molecule has 0 aliphatic heterocycles. The zero-order chi connectivity index (χ0) is 30.5. The first-order valence-electron chi connectivity index (χ1n) is 15.8. The number of anilines is 3. The summed E-state index contributed by atoms with van der Waals surface area (Å²) in [7, 11) is 0. The van der Waals surface area contributed by atoms with Crippen LogP contribution >= 0.6 is 0 Å². The Morgan fingerprint density at radius 3 is 1.72 bits per heavy atom. The second kappa shape index (κ2) is 10.8. The molecule has 0 fully saturated rings. The van der Waals surface area contributed by atoms with Gasteiger partial charge in [0.15, 0.2) is 0 Å². The maximum absolute atomic E-state index is 2.37. The molecule has 9 aromatic rings. The summed E-state index contributed by atoms with van der Waals surface area (Å²) in [6.07, 6.45) is 0. The van der Waals surface area contributed by atoms with Crippen molar-refractivity contribution < 1.29 is 0 Å². The molecule has 1 heterocycles. The smallest absolute Gasteiger partial charge is 0.0541 e. The monoisotopic (exact) mass is 586 g/mol. The van der Waals surface area contributed by atoms with E-state index < -0.39 is 0 Å². The van der Waals surface area contributed by atoms with E-state index in [0.717, 1.165) is 22.7 Å². The highest BCUT2D eigenvalue weighted by Crippen LogP contribution is 2.39. The van der Waals surface area contributed by atoms with Gasteiger partial charge in [-0.25, -0.2) is 0 Å². The van der Waals surface area contributed by atoms with Crippen molar-refractivity contribution in [3.05, 3.63) is 182 Å². The quantitative estimate of drug-likeness (QED) is 0.195. The number of hydrogen-bond donors (Lipinski definition) is 0. The minimum Gasteiger partial charge on any atom is -0.310 e. The molecule has 0 saturated carbocycles. The molecule has 1 aromatic heterocycles. The highest BCUT2D eigenvalue weighted by atomic mass is 15.1. The van der Waals surface area contributed by atoms with Crippen LogP contribution in [-0.2, 0) is 0 Å². The standard InChI is InChI=1S/C44H30N2/c1-2-14-35(15-3-1)45(36-23-25-37(26-24-36)46-43-19-8-6-16-41(43)42-17-7-9-20-44(42)46)38-27-28-40-33(30-38)13-10-18-39(40)34-22-21-31-11-4-5-12-32(31)29-34/h1-30H. The fraction of sp³-hybridized carbons (Fsp3) is 0. The summed E-state index contributed by atoms with van der Waals surface area (Å²) in [5.74, 6) is 0. The van der Waals surface area contributed by atoms with E-state index in [2.05, 4.69) is 191 Å². The highest BCUT2D eigenvalue weighted by molar-refractivity contribution is 6.09. The minimum absolute atomic E-state index is 1.11. The van der Waals surface area contributed by atoms with Gasteiger partial charge in [-0.2, -0.15) is 0 Å². The normalized spacial score (nSPS) is 11.5. The van der Waals surface area contributed by atoms with Crippen molar-refractivity contribution in [2.45, 2.75) is 0 Å². The number of fused-ring (bicyclic) bond motifs is 5. The maximum atomic E-state index is 2.37. The third kappa shape index (κ3) is 4.35. The Morgan fingerprint density at radius 2 is 0.957 bits per heavy atom. The van der Waals surface area contributed by atoms with Crippen LogP contribution in [0.3, 0.4) is 0 Å². The zero-order valence-corrected chi connectivity index (χ0v) is 25.2. The maximum Gasteiger partial charge on any atom is 0.0541 e. The number of hydrogen-bond acceptors (Lipinski definition) is 1. The average Bonchev–Trinajstić information content (AvgIpc) is 3.46. The van der Waals surface area contributed by atoms with Gasteiger partial charge in [-0.15, -0.1) is 0 Å². The zero-order valence-electron chi connectivity index (χ0n) is 25.2. The molecular weight excluding hydrogens is 556 g/mol. The van der Waals surface area contributed by atoms with Crippen LogP contribution in [0.1, 0.15) is 0 Å². The second-order valence-electron chi connectivity index (χ2n) is 11.8. The molecule has 0 aliphatic rings. The van der Waals surface area contributed by atoms with E-state index in [0.29, 0.717) is 0 Å². The Labute approximate surface area is 268 Å². The summed E-state index contributed by atoms with van der Waals surface area (Å²) < 4.78 is 2.37. The number of aromatic nitrogens is 1. The molecule has 0 atom stereocenters. The van der Waals surface area contributed by atoms with Crippen molar-refractivity contribution >= 4 is 60.4 Å². The lowest BCUT2D eigenvalue weighted by atomic mass is 9.96. The van der Waals surface area contributed by atoms with Crippen molar-refractivity contribution in [1.82, 2.24) is 4.57 Å². The van der Waals surface area contributed by atoms with Gasteiger partial charge in [-0.1, -0.05) is 115 Å². The van der Waals surface area contributed by atoms with E-state index in [1.54, 1.807) is 0 Å². The fourth-order valence-corrected chi connectivity index (χ4v) is 6.99. The third-order valence-electron chi connectivity index (χ3n) is 9.14. The Kier molecular flexibility index (Phi) is 6.17. The van der Waals surface area contributed by atoms with E-state index in [9.17, 15) is 0 Å². The molecule has 0 aliphatic carbocycles. The van der Waals surface area contributed by atoms with Crippen molar-refractivity contribution in [1.29, 1.82) is 0 Å². The molecule has 216 valence electrons. The van der Waals surface area contributed by atoms with Crippen molar-refractivity contribution in [2.75, 3.05) is 4.90 Å². The largest absolute Gasteiger partial charge is 0.310 e. The van der Waals surface area contributed by atoms with Crippen molar-refractivity contribution in [3.8, 4) is 16.8 Å². The average molecular weight is 587 g/mol. The van der Waals surface area contributed by atoms with Gasteiger partial charge < -0.3 is 9.47 Å². The third-order valence-corrected chi connectivity index (χ3v) is 9.14. The number of para-hydroxylation sites is 3. The predicted molar refractivity (Wildman–Crippen MR) is 196 cm³/mol. The van der Waals surface area contributed by atoms with Crippen LogP contribution in [-0.4, -0.2) is 4.57 Å². The van der Waals surface area contributed by atoms with Gasteiger partial charge in [0.05, 0.1) is 11.0 Å². The van der Waals surface area contributed by atoms with Crippen LogP contribution in [0.5, 0.6) is 0 Å². The van der Waals surface area contributed by atoms with Crippen LogP contribution in [0.4, 0.5) is 17.1 Å². The van der Waals surface area contributed by atoms with Gasteiger partial charge in [-0.3, -0.25) is 0 Å². The first-order chi connectivity index (χ1) is 22.8. The summed E-state index contributed by atoms with van der Waals surface area (Å²) >= 11 is 0. The van der Waals surface area contributed by atoms with Crippen LogP contribution in [0.2, 0.25) is 0 Å². The van der Waals surface area contributed by atoms with Gasteiger partial charge in [0.25, 0.3) is 0 Å². The van der Waals surface area contributed by atoms with E-state index >= 15 is 0 Å². The van der Waals surface area contributed by atoms with E-state index in [4.69, 9.17) is 0 Å². The Balaban J connectivity index is 1.15. The molecule has 0 bridgehead atoms. The van der Waals surface area contributed by atoms with E-state index in [1.165, 1.54) is 54.5 Å². The van der Waals surface area contributed by atoms with Gasteiger partial charge in [0, 0.05) is 33.5 Å². The number of benzene rings is 8. The van der Waals surface area contributed by atoms with Crippen LogP contribution in [0.15, 0.2) is 182 Å². The molecule has 0 spiro atoms. The first kappa shape index (κ1) is 26.3. The Hall–Kier alpha value is -6.12. The topological polar surface area (TPSA) is 8.17 Å². The highest BCUT2D eigenvalue weighted by Gasteiger charge is 2.16. The molecule has 8 aromatic carbocycles. The lowest BCUT2D eigenvalue weighted by Gasteiger charge is -2.26. The van der Waals surface area contributed by atoms with Crippen LogP contribution < -0.4 is 4.90 Å². The minimum atomic E-state index is 1.11. The van der Waals surface area contributed by atoms with Gasteiger partial charge >= 0.3 is 0 Å². The van der Waals surface area contributed by atoms with Crippen LogP contribution in [0, 0.1) is 0 Å². The molecule has 2 heteroatoms. The van der Waals surface area contributed by atoms with Gasteiger partial charge in [0.1, 0.15) is 0 Å². The molecule has 0 radical (unpaired) electrons. The Bertz CT molecular complexity index is 2470. The van der Waals surface area contributed by atoms with Gasteiger partial charge in [-0.05, 0) is 99.4 Å². The van der Waals surface area contributed by atoms with Gasteiger partial charge in [0.2, 0.25) is 0 Å². The first-order valence-corrected chi connectivity index (χ1v) is 15.8. The second-order valence-corrected chi connectivity index (χ2v) is 11.8. The van der Waals surface area contributed by atoms with E-state index in [1.807, 2.05) is 0 Å². The molecule has 46 heavy (non-hydrogen) atoms. The molecule has 2 nitrogen and oxygen atoms in total. The van der Waals surface area contributed by atoms with Crippen molar-refractivity contribution in [2.24, 2.45) is 0 Å². The molecule has 0 N–H and O–H groups in total. The molecule has 0 saturated heterocycles. The number of rotatable bonds is 5. The summed E-state index contributed by atoms with van der Waals surface area (Å²) in [6, 6.07) is 65.7. The Morgan fingerprint density at radius 1 is 0.348 bits per heavy atom. The lowest BCUT2D eigenvalue weighted by molar-refractivity contribution is 1.17. The predicted octanol–water partition coefficient (Wildman–Crippen LogP) is 12.2. The lowest BCUT2D eigenvalue weighted by Crippen LogP contribution is -2.10. The van der Waals surface area contributed by atoms with E-state index in [-0.39, 0.29) is 0 Å². The summed E-state index contributed by atoms with van der Waals surface area (Å²) in [5.41, 5.74) is 9.42. The molecule has 9 rings (SSSR count). The SMILES string of the molecule is c1ccc(N(c2ccc(-n3c4ccccc4c4ccccc43)cc2)c2ccc3c(-c4ccc5ccccc5c4)cccc3c2)cc1. The number of nitrogens with zero attached hydrogens (tertiary/aromatic N) is 2. The van der Waals surface area contributed by atoms with Crippen LogP contribution in [0.25, 0.3) is 60.2 Å².